The quantitative estimate of drug-likeness (QED) is 0.782. The van der Waals surface area contributed by atoms with E-state index in [-0.39, 0.29) is 11.5 Å². The van der Waals surface area contributed by atoms with E-state index in [9.17, 15) is 18.0 Å². The minimum Gasteiger partial charge on any atom is -0.368 e. The zero-order valence-corrected chi connectivity index (χ0v) is 15.8. The molecule has 1 N–H and O–H groups in total. The van der Waals surface area contributed by atoms with Crippen LogP contribution in [0.5, 0.6) is 0 Å². The molecule has 144 valence electrons. The van der Waals surface area contributed by atoms with E-state index in [0.29, 0.717) is 35.8 Å². The predicted octanol–water partition coefficient (Wildman–Crippen LogP) is 0.384. The Labute approximate surface area is 157 Å². The Morgan fingerprint density at radius 1 is 1.19 bits per heavy atom. The van der Waals surface area contributed by atoms with Gasteiger partial charge in [0.1, 0.15) is 12.7 Å². The summed E-state index contributed by atoms with van der Waals surface area (Å²) < 4.78 is 26.8. The van der Waals surface area contributed by atoms with Crippen LogP contribution in [-0.2, 0) is 15.0 Å². The third-order valence-corrected chi connectivity index (χ3v) is 5.44. The summed E-state index contributed by atoms with van der Waals surface area (Å²) >= 11 is 0. The second-order valence-corrected chi connectivity index (χ2v) is 7.41. The van der Waals surface area contributed by atoms with E-state index in [1.54, 1.807) is 24.0 Å². The summed E-state index contributed by atoms with van der Waals surface area (Å²) in [6.45, 7) is 5.68. The highest BCUT2D eigenvalue weighted by molar-refractivity contribution is 7.88. The van der Waals surface area contributed by atoms with Crippen LogP contribution < -0.4 is 14.5 Å². The highest BCUT2D eigenvalue weighted by atomic mass is 32.2. The molecule has 0 spiro atoms. The monoisotopic (exact) mass is 392 g/mol. The van der Waals surface area contributed by atoms with Crippen molar-refractivity contribution in [3.63, 3.8) is 0 Å². The Balaban J connectivity index is 1.92. The standard InChI is InChI=1S/C16H20N6O4S/c1-3-15(23)21-8-7-20(4-2)14-9-12(5-6-13(14)21)16(24)19-27(25,26)22-11-17-10-18-22/h5-6,9-11H,3-4,7-8H2,1-2H3,(H,19,24). The molecular weight excluding hydrogens is 372 g/mol. The molecule has 0 radical (unpaired) electrons. The van der Waals surface area contributed by atoms with Crippen LogP contribution in [0.1, 0.15) is 30.6 Å². The van der Waals surface area contributed by atoms with Gasteiger partial charge in [-0.2, -0.15) is 8.42 Å². The number of hydrogen-bond donors (Lipinski definition) is 1. The van der Waals surface area contributed by atoms with Crippen LogP contribution >= 0.6 is 0 Å². The molecule has 10 nitrogen and oxygen atoms in total. The molecule has 1 aliphatic rings. The summed E-state index contributed by atoms with van der Waals surface area (Å²) in [5, 5.41) is 3.52. The maximum atomic E-state index is 12.5. The van der Waals surface area contributed by atoms with Gasteiger partial charge >= 0.3 is 10.2 Å². The number of hydrogen-bond acceptors (Lipinski definition) is 7. The third kappa shape index (κ3) is 3.63. The second kappa shape index (κ2) is 7.35. The van der Waals surface area contributed by atoms with Crippen molar-refractivity contribution in [3.8, 4) is 0 Å². The Morgan fingerprint density at radius 2 is 1.96 bits per heavy atom. The number of carbonyl (C=O) groups excluding carboxylic acids is 2. The average Bonchev–Trinajstić information content (AvgIpc) is 3.21. The summed E-state index contributed by atoms with van der Waals surface area (Å²) in [4.78, 5) is 31.9. The molecule has 1 aromatic heterocycles. The number of nitrogens with one attached hydrogen (secondary N) is 1. The molecule has 2 amide bonds. The lowest BCUT2D eigenvalue weighted by molar-refractivity contribution is -0.118. The molecule has 0 saturated carbocycles. The number of aromatic nitrogens is 3. The van der Waals surface area contributed by atoms with Crippen LogP contribution in [0.15, 0.2) is 30.9 Å². The van der Waals surface area contributed by atoms with Crippen LogP contribution in [-0.4, -0.2) is 54.0 Å². The summed E-state index contributed by atoms with van der Waals surface area (Å²) in [5.41, 5.74) is 1.60. The van der Waals surface area contributed by atoms with Crippen LogP contribution in [0, 0.1) is 0 Å². The number of likely N-dealkylation sites (N-methyl/N-ethyl adjacent to an activating group) is 1. The zero-order chi connectivity index (χ0) is 19.6. The highest BCUT2D eigenvalue weighted by Crippen LogP contribution is 2.34. The van der Waals surface area contributed by atoms with E-state index in [2.05, 4.69) is 10.1 Å². The van der Waals surface area contributed by atoms with Gasteiger partial charge in [0.2, 0.25) is 5.91 Å². The summed E-state index contributed by atoms with van der Waals surface area (Å²) in [6.07, 6.45) is 2.42. The number of rotatable bonds is 5. The first-order valence-corrected chi connectivity index (χ1v) is 9.93. The number of fused-ring (bicyclic) bond motifs is 1. The van der Waals surface area contributed by atoms with Gasteiger partial charge in [-0.25, -0.2) is 9.71 Å². The van der Waals surface area contributed by atoms with Crippen molar-refractivity contribution in [1.82, 2.24) is 18.9 Å². The minimum absolute atomic E-state index is 0.00188. The van der Waals surface area contributed by atoms with Crippen LogP contribution in [0.2, 0.25) is 0 Å². The summed E-state index contributed by atoms with van der Waals surface area (Å²) in [5.74, 6) is -0.791. The summed E-state index contributed by atoms with van der Waals surface area (Å²) in [6, 6.07) is 4.77. The van der Waals surface area contributed by atoms with E-state index >= 15 is 0 Å². The molecule has 27 heavy (non-hydrogen) atoms. The van der Waals surface area contributed by atoms with Crippen molar-refractivity contribution >= 4 is 33.4 Å². The van der Waals surface area contributed by atoms with E-state index < -0.39 is 16.1 Å². The first-order chi connectivity index (χ1) is 12.9. The molecule has 1 aliphatic heterocycles. The van der Waals surface area contributed by atoms with Crippen molar-refractivity contribution in [2.75, 3.05) is 29.4 Å². The van der Waals surface area contributed by atoms with Crippen molar-refractivity contribution in [1.29, 1.82) is 0 Å². The van der Waals surface area contributed by atoms with Gasteiger partial charge in [-0.3, -0.25) is 9.59 Å². The molecule has 0 saturated heterocycles. The van der Waals surface area contributed by atoms with E-state index in [1.807, 2.05) is 16.5 Å². The smallest absolute Gasteiger partial charge is 0.346 e. The predicted molar refractivity (Wildman–Crippen MR) is 98.8 cm³/mol. The maximum Gasteiger partial charge on any atom is 0.346 e. The van der Waals surface area contributed by atoms with Crippen molar-refractivity contribution in [3.05, 3.63) is 36.4 Å². The number of nitrogens with zero attached hydrogens (tertiary/aromatic N) is 5. The van der Waals surface area contributed by atoms with Gasteiger partial charge in [-0.15, -0.1) is 9.19 Å². The molecule has 0 fully saturated rings. The van der Waals surface area contributed by atoms with Gasteiger partial charge in [0, 0.05) is 31.6 Å². The lowest BCUT2D eigenvalue weighted by Crippen LogP contribution is -2.44. The van der Waals surface area contributed by atoms with Crippen molar-refractivity contribution in [2.45, 2.75) is 20.3 Å². The Morgan fingerprint density at radius 3 is 2.59 bits per heavy atom. The van der Waals surface area contributed by atoms with Crippen LogP contribution in [0.4, 0.5) is 11.4 Å². The molecule has 0 atom stereocenters. The average molecular weight is 392 g/mol. The Kier molecular flexibility index (Phi) is 5.13. The molecule has 0 bridgehead atoms. The Bertz CT molecular complexity index is 957. The topological polar surface area (TPSA) is 118 Å². The molecule has 3 rings (SSSR count). The van der Waals surface area contributed by atoms with Crippen molar-refractivity contribution in [2.24, 2.45) is 0 Å². The van der Waals surface area contributed by atoms with E-state index in [0.717, 1.165) is 18.3 Å². The summed E-state index contributed by atoms with van der Waals surface area (Å²) in [7, 11) is -4.17. The first-order valence-electron chi connectivity index (χ1n) is 8.49. The number of amides is 2. The second-order valence-electron chi connectivity index (χ2n) is 5.89. The SMILES string of the molecule is CCC(=O)N1CCN(CC)c2cc(C(=O)NS(=O)(=O)n3cncn3)ccc21. The largest absolute Gasteiger partial charge is 0.368 e. The molecule has 11 heteroatoms. The first kappa shape index (κ1) is 18.8. The third-order valence-electron chi connectivity index (χ3n) is 4.31. The van der Waals surface area contributed by atoms with Crippen molar-refractivity contribution < 1.29 is 18.0 Å². The highest BCUT2D eigenvalue weighted by Gasteiger charge is 2.27. The molecule has 0 aliphatic carbocycles. The van der Waals surface area contributed by atoms with Gasteiger partial charge in [-0.05, 0) is 25.1 Å². The van der Waals surface area contributed by atoms with Crippen LogP contribution in [0.25, 0.3) is 0 Å². The fourth-order valence-electron chi connectivity index (χ4n) is 2.93. The van der Waals surface area contributed by atoms with Gasteiger partial charge in [0.25, 0.3) is 5.91 Å². The van der Waals surface area contributed by atoms with E-state index in [1.165, 1.54) is 6.07 Å². The Hall–Kier alpha value is -2.95. The van der Waals surface area contributed by atoms with Gasteiger partial charge in [-0.1, -0.05) is 6.92 Å². The number of benzene rings is 1. The van der Waals surface area contributed by atoms with Gasteiger partial charge in [0.05, 0.1) is 11.4 Å². The van der Waals surface area contributed by atoms with E-state index in [4.69, 9.17) is 0 Å². The van der Waals surface area contributed by atoms with Gasteiger partial charge in [0.15, 0.2) is 0 Å². The number of anilines is 2. The fraction of sp³-hybridized carbons (Fsp3) is 0.375. The maximum absolute atomic E-state index is 12.5. The van der Waals surface area contributed by atoms with Crippen LogP contribution in [0.3, 0.4) is 0 Å². The lowest BCUT2D eigenvalue weighted by Gasteiger charge is -2.37. The number of carbonyl (C=O) groups is 2. The molecule has 2 aromatic rings. The fourth-order valence-corrected chi connectivity index (χ4v) is 3.72. The normalized spacial score (nSPS) is 14.0. The lowest BCUT2D eigenvalue weighted by atomic mass is 10.1. The zero-order valence-electron chi connectivity index (χ0n) is 15.0. The molecule has 2 heterocycles. The molecule has 0 unspecified atom stereocenters. The minimum atomic E-state index is -4.17. The van der Waals surface area contributed by atoms with Gasteiger partial charge < -0.3 is 9.80 Å². The molecular formula is C16H20N6O4S. The molecule has 1 aromatic carbocycles.